The van der Waals surface area contributed by atoms with Crippen LogP contribution in [-0.4, -0.2) is 33.3 Å². The molecule has 0 fully saturated rings. The van der Waals surface area contributed by atoms with E-state index >= 15 is 0 Å². The molecule has 0 saturated carbocycles. The van der Waals surface area contributed by atoms with E-state index in [0.29, 0.717) is 17.1 Å². The SMILES string of the molecule is Cc1nnc2n1C[C@@H](NC(=O)C1=Cc3cc(Cl)ccc3OC1)CC2. The monoisotopic (exact) mass is 344 g/mol. The summed E-state index contributed by atoms with van der Waals surface area (Å²) in [6, 6.07) is 5.47. The summed E-state index contributed by atoms with van der Waals surface area (Å²) in [6.45, 7) is 2.90. The van der Waals surface area contributed by atoms with Gasteiger partial charge in [0.25, 0.3) is 5.91 Å². The average Bonchev–Trinajstić information content (AvgIpc) is 2.95. The largest absolute Gasteiger partial charge is 0.488 e. The van der Waals surface area contributed by atoms with Crippen molar-refractivity contribution in [2.75, 3.05) is 6.61 Å². The van der Waals surface area contributed by atoms with Crippen molar-refractivity contribution in [1.29, 1.82) is 0 Å². The molecule has 0 saturated heterocycles. The molecule has 6 nitrogen and oxygen atoms in total. The first-order valence-corrected chi connectivity index (χ1v) is 8.30. The lowest BCUT2D eigenvalue weighted by molar-refractivity contribution is -0.118. The van der Waals surface area contributed by atoms with Gasteiger partial charge < -0.3 is 14.6 Å². The van der Waals surface area contributed by atoms with E-state index in [9.17, 15) is 4.79 Å². The number of aromatic nitrogens is 3. The number of benzene rings is 1. The Morgan fingerprint density at radius 1 is 1.42 bits per heavy atom. The molecule has 4 rings (SSSR count). The Morgan fingerprint density at radius 2 is 2.29 bits per heavy atom. The van der Waals surface area contributed by atoms with E-state index in [0.717, 1.165) is 35.8 Å². The molecule has 7 heteroatoms. The fourth-order valence-electron chi connectivity index (χ4n) is 3.14. The van der Waals surface area contributed by atoms with Crippen molar-refractivity contribution >= 4 is 23.6 Å². The minimum absolute atomic E-state index is 0.0707. The summed E-state index contributed by atoms with van der Waals surface area (Å²) in [6.07, 6.45) is 3.53. The second-order valence-electron chi connectivity index (χ2n) is 6.12. The third kappa shape index (κ3) is 2.78. The first-order chi connectivity index (χ1) is 11.6. The number of hydrogen-bond acceptors (Lipinski definition) is 4. The molecule has 2 aliphatic rings. The molecule has 1 atom stereocenters. The molecular formula is C17H17ClN4O2. The zero-order valence-corrected chi connectivity index (χ0v) is 14.0. The first kappa shape index (κ1) is 15.2. The van der Waals surface area contributed by atoms with Crippen LogP contribution in [0.1, 0.15) is 23.6 Å². The molecule has 2 aromatic rings. The highest BCUT2D eigenvalue weighted by Crippen LogP contribution is 2.29. The van der Waals surface area contributed by atoms with Crippen molar-refractivity contribution in [3.8, 4) is 5.75 Å². The molecule has 0 spiro atoms. The summed E-state index contributed by atoms with van der Waals surface area (Å²) in [5.41, 5.74) is 1.44. The highest BCUT2D eigenvalue weighted by atomic mass is 35.5. The fourth-order valence-corrected chi connectivity index (χ4v) is 3.32. The summed E-state index contributed by atoms with van der Waals surface area (Å²) in [7, 11) is 0. The predicted octanol–water partition coefficient (Wildman–Crippen LogP) is 2.15. The molecule has 0 radical (unpaired) electrons. The van der Waals surface area contributed by atoms with Gasteiger partial charge in [0.05, 0.1) is 5.57 Å². The lowest BCUT2D eigenvalue weighted by Crippen LogP contribution is -2.42. The van der Waals surface area contributed by atoms with Gasteiger partial charge in [-0.25, -0.2) is 0 Å². The van der Waals surface area contributed by atoms with Gasteiger partial charge in [-0.3, -0.25) is 4.79 Å². The zero-order chi connectivity index (χ0) is 16.7. The molecule has 24 heavy (non-hydrogen) atoms. The van der Waals surface area contributed by atoms with Crippen LogP contribution in [0.15, 0.2) is 23.8 Å². The Bertz CT molecular complexity index is 843. The smallest absolute Gasteiger partial charge is 0.250 e. The second kappa shape index (κ2) is 5.94. The minimum Gasteiger partial charge on any atom is -0.488 e. The number of aryl methyl sites for hydroxylation is 2. The van der Waals surface area contributed by atoms with Crippen molar-refractivity contribution in [3.05, 3.63) is 46.0 Å². The topological polar surface area (TPSA) is 69.0 Å². The molecule has 0 bridgehead atoms. The Hall–Kier alpha value is -2.34. The van der Waals surface area contributed by atoms with E-state index in [1.165, 1.54) is 0 Å². The lowest BCUT2D eigenvalue weighted by atomic mass is 10.0. The van der Waals surface area contributed by atoms with Crippen LogP contribution < -0.4 is 10.1 Å². The van der Waals surface area contributed by atoms with E-state index in [2.05, 4.69) is 20.1 Å². The molecular weight excluding hydrogens is 328 g/mol. The molecule has 1 aromatic carbocycles. The molecule has 0 aliphatic carbocycles. The number of fused-ring (bicyclic) bond motifs is 2. The summed E-state index contributed by atoms with van der Waals surface area (Å²) < 4.78 is 7.72. The van der Waals surface area contributed by atoms with Gasteiger partial charge in [-0.05, 0) is 37.6 Å². The van der Waals surface area contributed by atoms with Crippen LogP contribution in [0.4, 0.5) is 0 Å². The van der Waals surface area contributed by atoms with E-state index < -0.39 is 0 Å². The van der Waals surface area contributed by atoms with E-state index in [1.54, 1.807) is 12.1 Å². The van der Waals surface area contributed by atoms with Crippen molar-refractivity contribution in [2.45, 2.75) is 32.4 Å². The Morgan fingerprint density at radius 3 is 3.17 bits per heavy atom. The van der Waals surface area contributed by atoms with Gasteiger partial charge in [0.1, 0.15) is 24.0 Å². The van der Waals surface area contributed by atoms with Gasteiger partial charge >= 0.3 is 0 Å². The maximum absolute atomic E-state index is 12.6. The second-order valence-corrected chi connectivity index (χ2v) is 6.56. The van der Waals surface area contributed by atoms with Crippen LogP contribution in [-0.2, 0) is 17.8 Å². The van der Waals surface area contributed by atoms with Crippen LogP contribution in [0.2, 0.25) is 5.02 Å². The van der Waals surface area contributed by atoms with Crippen LogP contribution in [0.3, 0.4) is 0 Å². The summed E-state index contributed by atoms with van der Waals surface area (Å²) in [5.74, 6) is 2.52. The third-order valence-corrected chi connectivity index (χ3v) is 4.68. The van der Waals surface area contributed by atoms with Crippen molar-refractivity contribution < 1.29 is 9.53 Å². The zero-order valence-electron chi connectivity index (χ0n) is 13.3. The van der Waals surface area contributed by atoms with Crippen molar-refractivity contribution in [3.63, 3.8) is 0 Å². The molecule has 2 aliphatic heterocycles. The number of amides is 1. The summed E-state index contributed by atoms with van der Waals surface area (Å²) in [5, 5.41) is 12.0. The predicted molar refractivity (Wildman–Crippen MR) is 89.9 cm³/mol. The number of rotatable bonds is 2. The number of hydrogen-bond donors (Lipinski definition) is 1. The standard InChI is InChI=1S/C17H17ClN4O2/c1-10-20-21-16-5-3-14(8-22(10)16)19-17(23)12-6-11-7-13(18)2-4-15(11)24-9-12/h2,4,6-7,14H,3,5,8-9H2,1H3,(H,19,23)/t14-/m0/s1. The van der Waals surface area contributed by atoms with Gasteiger partial charge in [0, 0.05) is 29.6 Å². The number of carbonyl (C=O) groups excluding carboxylic acids is 1. The van der Waals surface area contributed by atoms with E-state index in [1.807, 2.05) is 19.1 Å². The quantitative estimate of drug-likeness (QED) is 0.906. The number of ether oxygens (including phenoxy) is 1. The maximum Gasteiger partial charge on any atom is 0.250 e. The highest BCUT2D eigenvalue weighted by molar-refractivity contribution is 6.30. The van der Waals surface area contributed by atoms with E-state index in [4.69, 9.17) is 16.3 Å². The van der Waals surface area contributed by atoms with Crippen LogP contribution in [0, 0.1) is 6.92 Å². The van der Waals surface area contributed by atoms with Crippen LogP contribution in [0.5, 0.6) is 5.75 Å². The van der Waals surface area contributed by atoms with Crippen molar-refractivity contribution in [2.24, 2.45) is 0 Å². The van der Waals surface area contributed by atoms with Gasteiger partial charge in [0.2, 0.25) is 0 Å². The van der Waals surface area contributed by atoms with Gasteiger partial charge in [-0.15, -0.1) is 10.2 Å². The molecule has 1 N–H and O–H groups in total. The fraction of sp³-hybridized carbons (Fsp3) is 0.353. The van der Waals surface area contributed by atoms with Crippen molar-refractivity contribution in [1.82, 2.24) is 20.1 Å². The number of nitrogens with one attached hydrogen (secondary N) is 1. The Balaban J connectivity index is 1.48. The van der Waals surface area contributed by atoms with E-state index in [-0.39, 0.29) is 18.6 Å². The Labute approximate surface area is 144 Å². The average molecular weight is 345 g/mol. The number of carbonyl (C=O) groups is 1. The summed E-state index contributed by atoms with van der Waals surface area (Å²) in [4.78, 5) is 12.6. The minimum atomic E-state index is -0.0974. The molecule has 0 unspecified atom stereocenters. The normalized spacial score (nSPS) is 18.9. The highest BCUT2D eigenvalue weighted by Gasteiger charge is 2.25. The summed E-state index contributed by atoms with van der Waals surface area (Å²) >= 11 is 6.01. The van der Waals surface area contributed by atoms with Gasteiger partial charge in [-0.2, -0.15) is 0 Å². The lowest BCUT2D eigenvalue weighted by Gasteiger charge is -2.26. The van der Waals surface area contributed by atoms with Gasteiger partial charge in [-0.1, -0.05) is 11.6 Å². The third-order valence-electron chi connectivity index (χ3n) is 4.44. The maximum atomic E-state index is 12.6. The molecule has 1 amide bonds. The number of halogens is 1. The molecule has 1 aromatic heterocycles. The molecule has 124 valence electrons. The molecule has 3 heterocycles. The number of nitrogens with zero attached hydrogens (tertiary/aromatic N) is 3. The van der Waals surface area contributed by atoms with Crippen LogP contribution >= 0.6 is 11.6 Å². The first-order valence-electron chi connectivity index (χ1n) is 7.92. The van der Waals surface area contributed by atoms with Crippen LogP contribution in [0.25, 0.3) is 6.08 Å². The Kier molecular flexibility index (Phi) is 3.76. The van der Waals surface area contributed by atoms with Gasteiger partial charge in [0.15, 0.2) is 0 Å².